The van der Waals surface area contributed by atoms with Crippen LogP contribution in [0.2, 0.25) is 0 Å². The number of nitrogens with one attached hydrogen (secondary N) is 2. The number of hydrogen-bond acceptors (Lipinski definition) is 4. The number of nitrogens with zero attached hydrogens (tertiary/aromatic N) is 2. The summed E-state index contributed by atoms with van der Waals surface area (Å²) in [6.45, 7) is 8.97. The van der Waals surface area contributed by atoms with Crippen LogP contribution < -0.4 is 15.8 Å². The van der Waals surface area contributed by atoms with E-state index in [1.54, 1.807) is 6.07 Å². The molecule has 0 radical (unpaired) electrons. The highest BCUT2D eigenvalue weighted by Crippen LogP contribution is 2.16. The largest absolute Gasteiger partial charge is 0.351 e. The van der Waals surface area contributed by atoms with E-state index in [4.69, 9.17) is 0 Å². The summed E-state index contributed by atoms with van der Waals surface area (Å²) in [6.07, 6.45) is 0. The fraction of sp³-hybridized carbons (Fsp3) is 0.667. The van der Waals surface area contributed by atoms with Crippen LogP contribution in [0.4, 0.5) is 5.82 Å². The van der Waals surface area contributed by atoms with Crippen LogP contribution in [0.25, 0.3) is 0 Å². The van der Waals surface area contributed by atoms with Crippen molar-refractivity contribution in [2.45, 2.75) is 32.7 Å². The Labute approximate surface area is 101 Å². The third kappa shape index (κ3) is 2.49. The average molecular weight is 236 g/mol. The molecular weight excluding hydrogens is 216 g/mol. The summed E-state index contributed by atoms with van der Waals surface area (Å²) in [6, 6.07) is 2.06. The van der Waals surface area contributed by atoms with Crippen molar-refractivity contribution in [3.63, 3.8) is 0 Å². The molecule has 1 fully saturated rings. The van der Waals surface area contributed by atoms with Crippen LogP contribution in [0.1, 0.15) is 32.5 Å². The molecule has 0 bridgehead atoms. The van der Waals surface area contributed by atoms with E-state index >= 15 is 0 Å². The maximum Gasteiger partial charge on any atom is 0.252 e. The van der Waals surface area contributed by atoms with Crippen molar-refractivity contribution >= 4 is 5.82 Å². The molecule has 0 amide bonds. The second-order valence-corrected chi connectivity index (χ2v) is 4.74. The number of aromatic amines is 1. The average Bonchev–Trinajstić information content (AvgIpc) is 2.21. The van der Waals surface area contributed by atoms with E-state index in [2.05, 4.69) is 27.1 Å². The summed E-state index contributed by atoms with van der Waals surface area (Å²) in [5.41, 5.74) is -0.0653. The molecule has 0 unspecified atom stereocenters. The standard InChI is InChI=1S/C12H20N4O/c1-4-16(9-6-13-7-9)10-5-11(17)15-12(14-10)8(2)3/h5,8-9,13H,4,6-7H2,1-3H3,(H,14,15,17). The first-order chi connectivity index (χ1) is 8.11. The molecule has 0 atom stereocenters. The zero-order chi connectivity index (χ0) is 12.4. The summed E-state index contributed by atoms with van der Waals surface area (Å²) in [5.74, 6) is 1.80. The number of aromatic nitrogens is 2. The van der Waals surface area contributed by atoms with Crippen LogP contribution in [0.3, 0.4) is 0 Å². The van der Waals surface area contributed by atoms with Gasteiger partial charge in [-0.2, -0.15) is 0 Å². The third-order valence-corrected chi connectivity index (χ3v) is 3.13. The molecular formula is C12H20N4O. The van der Waals surface area contributed by atoms with Gasteiger partial charge in [0.25, 0.3) is 5.56 Å². The van der Waals surface area contributed by atoms with E-state index in [1.807, 2.05) is 13.8 Å². The van der Waals surface area contributed by atoms with Crippen LogP contribution in [-0.4, -0.2) is 35.6 Å². The minimum Gasteiger partial charge on any atom is -0.351 e. The van der Waals surface area contributed by atoms with Crippen LogP contribution in [-0.2, 0) is 0 Å². The van der Waals surface area contributed by atoms with Gasteiger partial charge < -0.3 is 15.2 Å². The Morgan fingerprint density at radius 2 is 2.24 bits per heavy atom. The van der Waals surface area contributed by atoms with Gasteiger partial charge in [-0.3, -0.25) is 4.79 Å². The predicted molar refractivity (Wildman–Crippen MR) is 68.6 cm³/mol. The summed E-state index contributed by atoms with van der Waals surface area (Å²) < 4.78 is 0. The summed E-state index contributed by atoms with van der Waals surface area (Å²) >= 11 is 0. The molecule has 5 nitrogen and oxygen atoms in total. The Morgan fingerprint density at radius 1 is 1.53 bits per heavy atom. The summed E-state index contributed by atoms with van der Waals surface area (Å²) in [7, 11) is 0. The normalized spacial score (nSPS) is 16.0. The quantitative estimate of drug-likeness (QED) is 0.807. The number of hydrogen-bond donors (Lipinski definition) is 2. The minimum atomic E-state index is -0.0653. The SMILES string of the molecule is CCN(c1cc(=O)[nH]c(C(C)C)n1)C1CNC1. The van der Waals surface area contributed by atoms with Gasteiger partial charge in [-0.15, -0.1) is 0 Å². The van der Waals surface area contributed by atoms with Crippen LogP contribution >= 0.6 is 0 Å². The molecule has 1 aromatic heterocycles. The molecule has 2 N–H and O–H groups in total. The smallest absolute Gasteiger partial charge is 0.252 e. The molecule has 94 valence electrons. The lowest BCUT2D eigenvalue weighted by Gasteiger charge is -2.38. The monoisotopic (exact) mass is 236 g/mol. The first-order valence-electron chi connectivity index (χ1n) is 6.20. The molecule has 5 heteroatoms. The highest BCUT2D eigenvalue weighted by molar-refractivity contribution is 5.40. The molecule has 1 aliphatic rings. The molecule has 0 aliphatic carbocycles. The Kier molecular flexibility index (Phi) is 3.47. The van der Waals surface area contributed by atoms with Crippen molar-refractivity contribution in [1.29, 1.82) is 0 Å². The molecule has 1 aliphatic heterocycles. The molecule has 1 aromatic rings. The molecule has 0 aromatic carbocycles. The number of likely N-dealkylation sites (N-methyl/N-ethyl adjacent to an activating group) is 1. The van der Waals surface area contributed by atoms with Gasteiger partial charge in [0, 0.05) is 31.6 Å². The highest BCUT2D eigenvalue weighted by Gasteiger charge is 2.25. The van der Waals surface area contributed by atoms with E-state index in [-0.39, 0.29) is 11.5 Å². The van der Waals surface area contributed by atoms with Gasteiger partial charge in [0.05, 0.1) is 6.04 Å². The van der Waals surface area contributed by atoms with Gasteiger partial charge in [-0.05, 0) is 6.92 Å². The zero-order valence-electron chi connectivity index (χ0n) is 10.7. The maximum atomic E-state index is 11.6. The van der Waals surface area contributed by atoms with Gasteiger partial charge in [0.1, 0.15) is 11.6 Å². The van der Waals surface area contributed by atoms with Crippen LogP contribution in [0.5, 0.6) is 0 Å². The van der Waals surface area contributed by atoms with Gasteiger partial charge in [-0.1, -0.05) is 13.8 Å². The molecule has 2 heterocycles. The van der Waals surface area contributed by atoms with Crippen molar-refractivity contribution in [3.05, 3.63) is 22.2 Å². The van der Waals surface area contributed by atoms with E-state index in [0.29, 0.717) is 6.04 Å². The van der Waals surface area contributed by atoms with Crippen molar-refractivity contribution in [2.24, 2.45) is 0 Å². The second-order valence-electron chi connectivity index (χ2n) is 4.74. The first-order valence-corrected chi connectivity index (χ1v) is 6.20. The highest BCUT2D eigenvalue weighted by atomic mass is 16.1. The maximum absolute atomic E-state index is 11.6. The summed E-state index contributed by atoms with van der Waals surface area (Å²) in [5, 5.41) is 3.24. The fourth-order valence-corrected chi connectivity index (χ4v) is 1.98. The fourth-order valence-electron chi connectivity index (χ4n) is 1.98. The minimum absolute atomic E-state index is 0.0653. The molecule has 17 heavy (non-hydrogen) atoms. The van der Waals surface area contributed by atoms with E-state index in [9.17, 15) is 4.79 Å². The number of H-pyrrole nitrogens is 1. The second kappa shape index (κ2) is 4.87. The van der Waals surface area contributed by atoms with Crippen molar-refractivity contribution in [3.8, 4) is 0 Å². The Balaban J connectivity index is 2.32. The van der Waals surface area contributed by atoms with Gasteiger partial charge in [0.15, 0.2) is 0 Å². The lowest BCUT2D eigenvalue weighted by atomic mass is 10.1. The van der Waals surface area contributed by atoms with Gasteiger partial charge >= 0.3 is 0 Å². The lowest BCUT2D eigenvalue weighted by molar-refractivity contribution is 0.414. The first kappa shape index (κ1) is 12.1. The van der Waals surface area contributed by atoms with Gasteiger partial charge in [0.2, 0.25) is 0 Å². The number of rotatable bonds is 4. The van der Waals surface area contributed by atoms with Crippen LogP contribution in [0, 0.1) is 0 Å². The Hall–Kier alpha value is -1.36. The lowest BCUT2D eigenvalue weighted by Crippen LogP contribution is -2.57. The topological polar surface area (TPSA) is 61.0 Å². The van der Waals surface area contributed by atoms with Crippen molar-refractivity contribution in [2.75, 3.05) is 24.5 Å². The Bertz CT molecular complexity index is 436. The van der Waals surface area contributed by atoms with Gasteiger partial charge in [-0.25, -0.2) is 4.98 Å². The van der Waals surface area contributed by atoms with E-state index < -0.39 is 0 Å². The Morgan fingerprint density at radius 3 is 2.71 bits per heavy atom. The molecule has 0 saturated carbocycles. The van der Waals surface area contributed by atoms with Crippen molar-refractivity contribution < 1.29 is 0 Å². The molecule has 2 rings (SSSR count). The summed E-state index contributed by atoms with van der Waals surface area (Å²) in [4.78, 5) is 21.2. The molecule has 0 spiro atoms. The van der Waals surface area contributed by atoms with E-state index in [0.717, 1.165) is 31.3 Å². The van der Waals surface area contributed by atoms with Crippen molar-refractivity contribution in [1.82, 2.24) is 15.3 Å². The van der Waals surface area contributed by atoms with Crippen LogP contribution in [0.15, 0.2) is 10.9 Å². The zero-order valence-corrected chi connectivity index (χ0v) is 10.7. The predicted octanol–water partition coefficient (Wildman–Crippen LogP) is 0.691. The van der Waals surface area contributed by atoms with E-state index in [1.165, 1.54) is 0 Å². The number of anilines is 1. The molecule has 1 saturated heterocycles. The third-order valence-electron chi connectivity index (χ3n) is 3.13.